The predicted octanol–water partition coefficient (Wildman–Crippen LogP) is 5.32. The first-order chi connectivity index (χ1) is 14.3. The van der Waals surface area contributed by atoms with Crippen molar-refractivity contribution in [1.82, 2.24) is 0 Å². The molecule has 0 amide bonds. The van der Waals surface area contributed by atoms with Crippen LogP contribution in [0.3, 0.4) is 0 Å². The Morgan fingerprint density at radius 2 is 1.17 bits per heavy atom. The third-order valence-corrected chi connectivity index (χ3v) is 6.18. The Hall–Kier alpha value is -0.240. The second kappa shape index (κ2) is 11.1. The van der Waals surface area contributed by atoms with Crippen molar-refractivity contribution < 1.29 is 28.4 Å². The van der Waals surface area contributed by atoms with Gasteiger partial charge in [-0.1, -0.05) is 64.7 Å². The zero-order valence-corrected chi connectivity index (χ0v) is 19.8. The summed E-state index contributed by atoms with van der Waals surface area (Å²) in [6.07, 6.45) is 11.9. The van der Waals surface area contributed by atoms with Crippen LogP contribution in [0.15, 0.2) is 0 Å². The zero-order valence-electron chi connectivity index (χ0n) is 19.8. The molecule has 0 aromatic carbocycles. The fourth-order valence-electron chi connectivity index (χ4n) is 4.72. The van der Waals surface area contributed by atoms with Crippen LogP contribution < -0.4 is 0 Å². The average Bonchev–Trinajstić information content (AvgIpc) is 3.16. The van der Waals surface area contributed by atoms with Crippen LogP contribution >= 0.6 is 0 Å². The summed E-state index contributed by atoms with van der Waals surface area (Å²) in [4.78, 5) is 0. The number of unbranched alkanes of at least 4 members (excludes halogenated alkanes) is 9. The number of rotatable bonds is 13. The summed E-state index contributed by atoms with van der Waals surface area (Å²) in [5, 5.41) is 0. The molecule has 0 aromatic rings. The van der Waals surface area contributed by atoms with E-state index in [1.54, 1.807) is 0 Å². The van der Waals surface area contributed by atoms with E-state index >= 15 is 0 Å². The van der Waals surface area contributed by atoms with Crippen molar-refractivity contribution in [2.75, 3.05) is 13.2 Å². The average molecular weight is 429 g/mol. The summed E-state index contributed by atoms with van der Waals surface area (Å²) in [5.41, 5.74) is 0. The second-order valence-corrected chi connectivity index (χ2v) is 9.96. The number of fused-ring (bicyclic) bond motifs is 3. The van der Waals surface area contributed by atoms with E-state index in [0.717, 1.165) is 13.0 Å². The van der Waals surface area contributed by atoms with E-state index in [1.165, 1.54) is 57.8 Å². The van der Waals surface area contributed by atoms with E-state index in [9.17, 15) is 0 Å². The van der Waals surface area contributed by atoms with Gasteiger partial charge in [0, 0.05) is 6.61 Å². The van der Waals surface area contributed by atoms with Crippen molar-refractivity contribution in [2.24, 2.45) is 0 Å². The topological polar surface area (TPSA) is 55.4 Å². The summed E-state index contributed by atoms with van der Waals surface area (Å²) >= 11 is 0. The van der Waals surface area contributed by atoms with Crippen LogP contribution in [0.2, 0.25) is 0 Å². The van der Waals surface area contributed by atoms with Crippen LogP contribution in [0, 0.1) is 0 Å². The molecule has 0 aliphatic carbocycles. The smallest absolute Gasteiger partial charge is 0.190 e. The van der Waals surface area contributed by atoms with Crippen molar-refractivity contribution in [3.63, 3.8) is 0 Å². The van der Waals surface area contributed by atoms with Crippen LogP contribution in [-0.2, 0) is 28.4 Å². The molecule has 0 spiro atoms. The Kier molecular flexibility index (Phi) is 9.00. The van der Waals surface area contributed by atoms with Crippen LogP contribution in [0.25, 0.3) is 0 Å². The molecule has 6 nitrogen and oxygen atoms in total. The fourth-order valence-corrected chi connectivity index (χ4v) is 4.72. The Bertz CT molecular complexity index is 508. The lowest BCUT2D eigenvalue weighted by molar-refractivity contribution is -0.243. The molecule has 0 saturated carbocycles. The molecule has 6 heteroatoms. The molecule has 3 rings (SSSR count). The molecule has 3 aliphatic rings. The predicted molar refractivity (Wildman–Crippen MR) is 115 cm³/mol. The van der Waals surface area contributed by atoms with Gasteiger partial charge in [0.1, 0.15) is 24.4 Å². The highest BCUT2D eigenvalue weighted by atomic mass is 16.9. The minimum atomic E-state index is -0.679. The maximum Gasteiger partial charge on any atom is 0.190 e. The molecular weight excluding hydrogens is 384 g/mol. The molecule has 3 heterocycles. The maximum atomic E-state index is 6.18. The molecule has 30 heavy (non-hydrogen) atoms. The van der Waals surface area contributed by atoms with Gasteiger partial charge in [-0.25, -0.2) is 0 Å². The van der Waals surface area contributed by atoms with Gasteiger partial charge < -0.3 is 28.4 Å². The standard InChI is InChI=1S/C24H44O6/c1-6-7-8-9-10-11-12-13-14-15-16-25-17-18-19-20(28-23(2,3)27-19)21-22(26-18)30-24(4,5)29-21/h18-22H,6-17H2,1-5H3. The van der Waals surface area contributed by atoms with Crippen LogP contribution in [0.4, 0.5) is 0 Å². The quantitative estimate of drug-likeness (QED) is 0.370. The largest absolute Gasteiger partial charge is 0.379 e. The van der Waals surface area contributed by atoms with Gasteiger partial charge in [0.05, 0.1) is 6.61 Å². The summed E-state index contributed by atoms with van der Waals surface area (Å²) < 4.78 is 36.4. The van der Waals surface area contributed by atoms with Gasteiger partial charge in [0.25, 0.3) is 0 Å². The Labute approximate surface area is 183 Å². The summed E-state index contributed by atoms with van der Waals surface area (Å²) in [6.45, 7) is 11.2. The Morgan fingerprint density at radius 3 is 1.83 bits per heavy atom. The lowest BCUT2D eigenvalue weighted by atomic mass is 9.99. The van der Waals surface area contributed by atoms with E-state index in [0.29, 0.717) is 6.61 Å². The molecule has 5 atom stereocenters. The minimum absolute atomic E-state index is 0.202. The monoisotopic (exact) mass is 428 g/mol. The van der Waals surface area contributed by atoms with Gasteiger partial charge in [-0.05, 0) is 34.1 Å². The van der Waals surface area contributed by atoms with Crippen molar-refractivity contribution in [3.05, 3.63) is 0 Å². The normalized spacial score (nSPS) is 34.1. The first-order valence-corrected chi connectivity index (χ1v) is 12.3. The van der Waals surface area contributed by atoms with Gasteiger partial charge in [-0.3, -0.25) is 0 Å². The molecule has 3 aliphatic heterocycles. The lowest BCUT2D eigenvalue weighted by Crippen LogP contribution is -2.56. The minimum Gasteiger partial charge on any atom is -0.379 e. The Balaban J connectivity index is 1.31. The van der Waals surface area contributed by atoms with Gasteiger partial charge in [0.15, 0.2) is 17.9 Å². The molecule has 0 aromatic heterocycles. The summed E-state index contributed by atoms with van der Waals surface area (Å²) in [7, 11) is 0. The van der Waals surface area contributed by atoms with E-state index in [1.807, 2.05) is 27.7 Å². The number of hydrogen-bond donors (Lipinski definition) is 0. The first-order valence-electron chi connectivity index (χ1n) is 12.3. The number of ether oxygens (including phenoxy) is 6. The zero-order chi connectivity index (χ0) is 21.6. The molecule has 176 valence electrons. The molecule has 5 unspecified atom stereocenters. The first kappa shape index (κ1) is 24.4. The van der Waals surface area contributed by atoms with E-state index in [4.69, 9.17) is 28.4 Å². The molecular formula is C24H44O6. The maximum absolute atomic E-state index is 6.18. The van der Waals surface area contributed by atoms with Crippen molar-refractivity contribution in [3.8, 4) is 0 Å². The van der Waals surface area contributed by atoms with Crippen LogP contribution in [0.5, 0.6) is 0 Å². The molecule has 0 bridgehead atoms. The third-order valence-electron chi connectivity index (χ3n) is 6.18. The number of hydrogen-bond acceptors (Lipinski definition) is 6. The lowest BCUT2D eigenvalue weighted by Gasteiger charge is -2.37. The van der Waals surface area contributed by atoms with Crippen LogP contribution in [0.1, 0.15) is 98.8 Å². The Morgan fingerprint density at radius 1 is 0.633 bits per heavy atom. The van der Waals surface area contributed by atoms with E-state index in [-0.39, 0.29) is 24.4 Å². The van der Waals surface area contributed by atoms with Crippen molar-refractivity contribution in [1.29, 1.82) is 0 Å². The molecule has 0 radical (unpaired) electrons. The molecule has 0 N–H and O–H groups in total. The second-order valence-electron chi connectivity index (χ2n) is 9.96. The summed E-state index contributed by atoms with van der Waals surface area (Å²) in [5.74, 6) is -1.33. The summed E-state index contributed by atoms with van der Waals surface area (Å²) in [6, 6.07) is 0. The molecule has 3 saturated heterocycles. The van der Waals surface area contributed by atoms with Gasteiger partial charge in [-0.2, -0.15) is 0 Å². The van der Waals surface area contributed by atoms with Gasteiger partial charge >= 0.3 is 0 Å². The van der Waals surface area contributed by atoms with Crippen molar-refractivity contribution in [2.45, 2.75) is 141 Å². The highest BCUT2D eigenvalue weighted by Gasteiger charge is 2.60. The van der Waals surface area contributed by atoms with E-state index in [2.05, 4.69) is 6.92 Å². The highest BCUT2D eigenvalue weighted by Crippen LogP contribution is 2.44. The SMILES string of the molecule is CCCCCCCCCCCCOCC1OC2OC(C)(C)OC2C2OC(C)(C)OC12. The van der Waals surface area contributed by atoms with Gasteiger partial charge in [-0.15, -0.1) is 0 Å². The van der Waals surface area contributed by atoms with Gasteiger partial charge in [0.2, 0.25) is 0 Å². The van der Waals surface area contributed by atoms with E-state index < -0.39 is 17.9 Å². The molecule has 3 fully saturated rings. The third kappa shape index (κ3) is 6.88. The van der Waals surface area contributed by atoms with Crippen LogP contribution in [-0.4, -0.2) is 55.5 Å². The highest BCUT2D eigenvalue weighted by molar-refractivity contribution is 5.00. The fraction of sp³-hybridized carbons (Fsp3) is 1.00. The van der Waals surface area contributed by atoms with Crippen molar-refractivity contribution >= 4 is 0 Å².